The maximum atomic E-state index is 10.8. The fourth-order valence-electron chi connectivity index (χ4n) is 1.33. The van der Waals surface area contributed by atoms with Crippen molar-refractivity contribution in [3.8, 4) is 5.75 Å². The lowest BCUT2D eigenvalue weighted by Gasteiger charge is -2.04. The van der Waals surface area contributed by atoms with Gasteiger partial charge in [-0.2, -0.15) is 0 Å². The number of aryl methyl sites for hydroxylation is 1. The molecule has 0 aliphatic heterocycles. The maximum Gasteiger partial charge on any atom is 0.341 e. The number of carboxylic acids is 1. The van der Waals surface area contributed by atoms with Crippen molar-refractivity contribution in [2.75, 3.05) is 0 Å². The fraction of sp³-hybridized carbons (Fsp3) is 0.167. The number of carbonyl (C=O) groups is 1. The van der Waals surface area contributed by atoms with Crippen molar-refractivity contribution >= 4 is 5.97 Å². The molecule has 0 atom stereocenters. The summed E-state index contributed by atoms with van der Waals surface area (Å²) in [5.74, 6) is -0.213. The summed E-state index contributed by atoms with van der Waals surface area (Å²) in [6, 6.07) is 7.44. The van der Waals surface area contributed by atoms with Gasteiger partial charge < -0.3 is 14.4 Å². The Morgan fingerprint density at radius 1 is 1.41 bits per heavy atom. The lowest BCUT2D eigenvalue weighted by Crippen LogP contribution is -2.02. The molecule has 88 valence electrons. The predicted molar refractivity (Wildman–Crippen MR) is 59.0 cm³/mol. The smallest absolute Gasteiger partial charge is 0.341 e. The minimum atomic E-state index is -1.08. The van der Waals surface area contributed by atoms with E-state index < -0.39 is 5.97 Å². The number of rotatable bonds is 4. The molecule has 0 saturated carbocycles. The number of ether oxygens (including phenoxy) is 1. The van der Waals surface area contributed by atoms with Gasteiger partial charge in [0.1, 0.15) is 17.9 Å². The van der Waals surface area contributed by atoms with Gasteiger partial charge in [0.2, 0.25) is 0 Å². The second-order valence-corrected chi connectivity index (χ2v) is 3.57. The topological polar surface area (TPSA) is 72.6 Å². The number of aromatic nitrogens is 1. The molecule has 0 fully saturated rings. The maximum absolute atomic E-state index is 10.8. The lowest BCUT2D eigenvalue weighted by atomic mass is 10.2. The summed E-state index contributed by atoms with van der Waals surface area (Å²) in [5, 5.41) is 12.3. The van der Waals surface area contributed by atoms with Crippen LogP contribution in [-0.2, 0) is 6.61 Å². The molecule has 0 amide bonds. The van der Waals surface area contributed by atoms with E-state index in [1.165, 1.54) is 0 Å². The molecule has 1 aromatic carbocycles. The molecule has 0 bridgehead atoms. The van der Waals surface area contributed by atoms with Crippen molar-refractivity contribution in [1.82, 2.24) is 5.16 Å². The van der Waals surface area contributed by atoms with Crippen LogP contribution in [0, 0.1) is 6.92 Å². The van der Waals surface area contributed by atoms with E-state index in [9.17, 15) is 4.79 Å². The van der Waals surface area contributed by atoms with Crippen LogP contribution in [0.25, 0.3) is 0 Å². The Morgan fingerprint density at radius 3 is 2.76 bits per heavy atom. The third kappa shape index (κ3) is 2.63. The summed E-state index contributed by atoms with van der Waals surface area (Å²) >= 11 is 0. The highest BCUT2D eigenvalue weighted by molar-refractivity contribution is 5.88. The molecule has 5 nitrogen and oxygen atoms in total. The van der Waals surface area contributed by atoms with Crippen LogP contribution >= 0.6 is 0 Å². The zero-order valence-electron chi connectivity index (χ0n) is 9.21. The summed E-state index contributed by atoms with van der Waals surface area (Å²) in [4.78, 5) is 10.8. The SMILES string of the molecule is Cc1ccc(OCc2oncc2C(=O)O)cc1. The number of aromatic carboxylic acids is 1. The molecule has 1 N–H and O–H groups in total. The van der Waals surface area contributed by atoms with E-state index in [2.05, 4.69) is 5.16 Å². The van der Waals surface area contributed by atoms with Crippen molar-refractivity contribution in [2.45, 2.75) is 13.5 Å². The minimum absolute atomic E-state index is 0.0251. The zero-order valence-corrected chi connectivity index (χ0v) is 9.21. The number of benzene rings is 1. The Labute approximate surface area is 97.6 Å². The summed E-state index contributed by atoms with van der Waals surface area (Å²) in [7, 11) is 0. The lowest BCUT2D eigenvalue weighted by molar-refractivity contribution is 0.0691. The minimum Gasteiger partial charge on any atom is -0.486 e. The first-order chi connectivity index (χ1) is 8.16. The highest BCUT2D eigenvalue weighted by Crippen LogP contribution is 2.15. The van der Waals surface area contributed by atoms with Gasteiger partial charge >= 0.3 is 5.97 Å². The van der Waals surface area contributed by atoms with Gasteiger partial charge in [-0.1, -0.05) is 22.9 Å². The first-order valence-electron chi connectivity index (χ1n) is 5.03. The molecule has 0 saturated heterocycles. The van der Waals surface area contributed by atoms with E-state index in [1.54, 1.807) is 0 Å². The normalized spacial score (nSPS) is 10.2. The summed E-state index contributed by atoms with van der Waals surface area (Å²) < 4.78 is 10.2. The van der Waals surface area contributed by atoms with E-state index in [-0.39, 0.29) is 17.9 Å². The second kappa shape index (κ2) is 4.69. The van der Waals surface area contributed by atoms with Crippen molar-refractivity contribution in [1.29, 1.82) is 0 Å². The Bertz CT molecular complexity index is 516. The van der Waals surface area contributed by atoms with Crippen LogP contribution in [0.2, 0.25) is 0 Å². The average Bonchev–Trinajstić information content (AvgIpc) is 2.76. The molecule has 1 heterocycles. The van der Waals surface area contributed by atoms with Gasteiger partial charge in [-0.25, -0.2) is 4.79 Å². The van der Waals surface area contributed by atoms with Gasteiger partial charge in [-0.3, -0.25) is 0 Å². The highest BCUT2D eigenvalue weighted by atomic mass is 16.5. The van der Waals surface area contributed by atoms with Gasteiger partial charge in [0, 0.05) is 0 Å². The molecule has 0 aliphatic rings. The summed E-state index contributed by atoms with van der Waals surface area (Å²) in [6.07, 6.45) is 1.16. The van der Waals surface area contributed by atoms with Gasteiger partial charge in [0.05, 0.1) is 6.20 Å². The van der Waals surface area contributed by atoms with Gasteiger partial charge in [-0.15, -0.1) is 0 Å². The van der Waals surface area contributed by atoms with E-state index >= 15 is 0 Å². The quantitative estimate of drug-likeness (QED) is 0.876. The van der Waals surface area contributed by atoms with Crippen LogP contribution < -0.4 is 4.74 Å². The molecule has 0 aliphatic carbocycles. The van der Waals surface area contributed by atoms with Crippen LogP contribution in [0.4, 0.5) is 0 Å². The fourth-order valence-corrected chi connectivity index (χ4v) is 1.33. The average molecular weight is 233 g/mol. The first kappa shape index (κ1) is 11.2. The second-order valence-electron chi connectivity index (χ2n) is 3.57. The molecule has 2 aromatic rings. The molecular weight excluding hydrogens is 222 g/mol. The summed E-state index contributed by atoms with van der Waals surface area (Å²) in [6.45, 7) is 2.02. The molecule has 17 heavy (non-hydrogen) atoms. The zero-order chi connectivity index (χ0) is 12.3. The van der Waals surface area contributed by atoms with Gasteiger partial charge in [0.25, 0.3) is 0 Å². The Hall–Kier alpha value is -2.30. The van der Waals surface area contributed by atoms with Crippen molar-refractivity contribution in [3.63, 3.8) is 0 Å². The Morgan fingerprint density at radius 2 is 2.12 bits per heavy atom. The van der Waals surface area contributed by atoms with Gasteiger partial charge in [-0.05, 0) is 19.1 Å². The molecule has 5 heteroatoms. The molecule has 2 rings (SSSR count). The van der Waals surface area contributed by atoms with E-state index in [0.717, 1.165) is 11.8 Å². The largest absolute Gasteiger partial charge is 0.486 e. The van der Waals surface area contributed by atoms with Crippen molar-refractivity contribution < 1.29 is 19.2 Å². The third-order valence-electron chi connectivity index (χ3n) is 2.27. The molecule has 1 aromatic heterocycles. The Balaban J connectivity index is 2.05. The van der Waals surface area contributed by atoms with E-state index in [1.807, 2.05) is 31.2 Å². The standard InChI is InChI=1S/C12H11NO4/c1-8-2-4-9(5-3-8)16-7-11-10(12(14)15)6-13-17-11/h2-6H,7H2,1H3,(H,14,15). The molecule has 0 radical (unpaired) electrons. The highest BCUT2D eigenvalue weighted by Gasteiger charge is 2.15. The van der Waals surface area contributed by atoms with E-state index in [0.29, 0.717) is 5.75 Å². The van der Waals surface area contributed by atoms with Crippen LogP contribution in [-0.4, -0.2) is 16.2 Å². The summed E-state index contributed by atoms with van der Waals surface area (Å²) in [5.41, 5.74) is 1.15. The van der Waals surface area contributed by atoms with Crippen LogP contribution in [0.1, 0.15) is 21.7 Å². The number of hydrogen-bond donors (Lipinski definition) is 1. The van der Waals surface area contributed by atoms with Crippen LogP contribution in [0.15, 0.2) is 35.0 Å². The third-order valence-corrected chi connectivity index (χ3v) is 2.27. The van der Waals surface area contributed by atoms with Crippen molar-refractivity contribution in [3.05, 3.63) is 47.3 Å². The van der Waals surface area contributed by atoms with Crippen molar-refractivity contribution in [2.24, 2.45) is 0 Å². The number of carboxylic acid groups (broad SMARTS) is 1. The number of nitrogens with zero attached hydrogens (tertiary/aromatic N) is 1. The molecule has 0 unspecified atom stereocenters. The van der Waals surface area contributed by atoms with Crippen LogP contribution in [0.5, 0.6) is 5.75 Å². The van der Waals surface area contributed by atoms with Gasteiger partial charge in [0.15, 0.2) is 5.76 Å². The molecular formula is C12H11NO4. The predicted octanol–water partition coefficient (Wildman–Crippen LogP) is 2.26. The Kier molecular flexibility index (Phi) is 3.09. The monoisotopic (exact) mass is 233 g/mol. The van der Waals surface area contributed by atoms with E-state index in [4.69, 9.17) is 14.4 Å². The molecule has 0 spiro atoms. The number of hydrogen-bond acceptors (Lipinski definition) is 4. The first-order valence-corrected chi connectivity index (χ1v) is 5.03. The van der Waals surface area contributed by atoms with Crippen LogP contribution in [0.3, 0.4) is 0 Å².